The molecular formula is C13H19ClO2. The molecule has 1 aromatic rings. The normalized spacial score (nSPS) is 32.6. The number of furan rings is 1. The van der Waals surface area contributed by atoms with E-state index in [0.717, 1.165) is 24.3 Å². The number of rotatable bonds is 2. The van der Waals surface area contributed by atoms with Gasteiger partial charge >= 0.3 is 0 Å². The molecular weight excluding hydrogens is 224 g/mol. The van der Waals surface area contributed by atoms with E-state index >= 15 is 0 Å². The van der Waals surface area contributed by atoms with Crippen LogP contribution in [0, 0.1) is 17.8 Å². The molecule has 1 heterocycles. The number of hydrogen-bond donors (Lipinski definition) is 1. The maximum Gasteiger partial charge on any atom is 0.198 e. The van der Waals surface area contributed by atoms with Gasteiger partial charge in [-0.2, -0.15) is 0 Å². The smallest absolute Gasteiger partial charge is 0.198 e. The zero-order valence-corrected chi connectivity index (χ0v) is 10.6. The quantitative estimate of drug-likeness (QED) is 0.849. The van der Waals surface area contributed by atoms with Gasteiger partial charge in [0, 0.05) is 5.56 Å². The van der Waals surface area contributed by atoms with Crippen molar-refractivity contribution in [2.75, 3.05) is 0 Å². The first-order valence-corrected chi connectivity index (χ1v) is 6.38. The fourth-order valence-corrected chi connectivity index (χ4v) is 2.87. The fourth-order valence-electron chi connectivity index (χ4n) is 2.65. The Morgan fingerprint density at radius 3 is 2.69 bits per heavy atom. The highest BCUT2D eigenvalue weighted by molar-refractivity contribution is 6.29. The van der Waals surface area contributed by atoms with Crippen LogP contribution in [0.15, 0.2) is 16.7 Å². The van der Waals surface area contributed by atoms with Gasteiger partial charge in [0.25, 0.3) is 0 Å². The summed E-state index contributed by atoms with van der Waals surface area (Å²) < 4.78 is 5.03. The van der Waals surface area contributed by atoms with Crippen LogP contribution in [0.25, 0.3) is 0 Å². The lowest BCUT2D eigenvalue weighted by molar-refractivity contribution is 0.0558. The SMILES string of the molecule is CC1CCC(C(O)c2ccoc2Cl)CC1C. The molecule has 1 fully saturated rings. The molecule has 16 heavy (non-hydrogen) atoms. The minimum absolute atomic E-state index is 0.321. The average Bonchev–Trinajstić information content (AvgIpc) is 2.67. The second-order valence-electron chi connectivity index (χ2n) is 5.12. The monoisotopic (exact) mass is 242 g/mol. The molecule has 3 heteroatoms. The summed E-state index contributed by atoms with van der Waals surface area (Å²) in [5.74, 6) is 1.77. The second-order valence-corrected chi connectivity index (χ2v) is 5.47. The van der Waals surface area contributed by atoms with E-state index in [0.29, 0.717) is 17.1 Å². The predicted octanol–water partition coefficient (Wildman–Crippen LogP) is 4.04. The molecule has 0 bridgehead atoms. The van der Waals surface area contributed by atoms with Gasteiger partial charge in [-0.05, 0) is 48.3 Å². The third kappa shape index (κ3) is 2.28. The highest BCUT2D eigenvalue weighted by Crippen LogP contribution is 2.41. The Kier molecular flexibility index (Phi) is 3.60. The molecule has 0 saturated heterocycles. The molecule has 0 aliphatic heterocycles. The molecule has 4 atom stereocenters. The summed E-state index contributed by atoms with van der Waals surface area (Å²) in [7, 11) is 0. The average molecular weight is 243 g/mol. The zero-order valence-electron chi connectivity index (χ0n) is 9.82. The highest BCUT2D eigenvalue weighted by Gasteiger charge is 2.31. The lowest BCUT2D eigenvalue weighted by Gasteiger charge is -2.34. The third-order valence-corrected chi connectivity index (χ3v) is 4.36. The van der Waals surface area contributed by atoms with Crippen molar-refractivity contribution in [2.45, 2.75) is 39.2 Å². The summed E-state index contributed by atoms with van der Waals surface area (Å²) in [5.41, 5.74) is 0.744. The Morgan fingerprint density at radius 1 is 1.38 bits per heavy atom. The van der Waals surface area contributed by atoms with Crippen molar-refractivity contribution in [3.05, 3.63) is 23.1 Å². The van der Waals surface area contributed by atoms with Crippen molar-refractivity contribution >= 4 is 11.6 Å². The molecule has 90 valence electrons. The molecule has 1 saturated carbocycles. The van der Waals surface area contributed by atoms with Crippen LogP contribution < -0.4 is 0 Å². The first-order chi connectivity index (χ1) is 7.59. The van der Waals surface area contributed by atoms with Crippen molar-refractivity contribution in [1.29, 1.82) is 0 Å². The van der Waals surface area contributed by atoms with Gasteiger partial charge in [-0.15, -0.1) is 0 Å². The maximum atomic E-state index is 10.3. The topological polar surface area (TPSA) is 33.4 Å². The van der Waals surface area contributed by atoms with Gasteiger partial charge in [-0.1, -0.05) is 20.3 Å². The summed E-state index contributed by atoms with van der Waals surface area (Å²) >= 11 is 5.89. The van der Waals surface area contributed by atoms with Crippen molar-refractivity contribution in [2.24, 2.45) is 17.8 Å². The summed E-state index contributed by atoms with van der Waals surface area (Å²) in [6.45, 7) is 4.55. The van der Waals surface area contributed by atoms with E-state index in [4.69, 9.17) is 16.0 Å². The van der Waals surface area contributed by atoms with Crippen molar-refractivity contribution in [3.8, 4) is 0 Å². The Hall–Kier alpha value is -0.470. The molecule has 2 nitrogen and oxygen atoms in total. The molecule has 1 N–H and O–H groups in total. The summed E-state index contributed by atoms with van der Waals surface area (Å²) in [6, 6.07) is 1.77. The van der Waals surface area contributed by atoms with Gasteiger partial charge in [0.15, 0.2) is 5.22 Å². The van der Waals surface area contributed by atoms with Crippen LogP contribution in [0.1, 0.15) is 44.8 Å². The minimum Gasteiger partial charge on any atom is -0.453 e. The van der Waals surface area contributed by atoms with Gasteiger partial charge in [0.1, 0.15) is 0 Å². The molecule has 0 radical (unpaired) electrons. The molecule has 0 aromatic carbocycles. The summed E-state index contributed by atoms with van der Waals surface area (Å²) in [5, 5.41) is 10.6. The highest BCUT2D eigenvalue weighted by atomic mass is 35.5. The van der Waals surface area contributed by atoms with E-state index < -0.39 is 6.10 Å². The van der Waals surface area contributed by atoms with Gasteiger partial charge in [0.05, 0.1) is 12.4 Å². The van der Waals surface area contributed by atoms with Crippen LogP contribution in [0.3, 0.4) is 0 Å². The standard InChI is InChI=1S/C13H19ClO2/c1-8-3-4-10(7-9(8)2)12(15)11-5-6-16-13(11)14/h5-6,8-10,12,15H,3-4,7H2,1-2H3. The first-order valence-electron chi connectivity index (χ1n) is 6.00. The molecule has 2 rings (SSSR count). The van der Waals surface area contributed by atoms with Crippen molar-refractivity contribution in [1.82, 2.24) is 0 Å². The van der Waals surface area contributed by atoms with Crippen LogP contribution >= 0.6 is 11.6 Å². The fraction of sp³-hybridized carbons (Fsp3) is 0.692. The number of aliphatic hydroxyl groups excluding tert-OH is 1. The number of halogens is 1. The Balaban J connectivity index is 2.06. The van der Waals surface area contributed by atoms with Crippen LogP contribution in [0.5, 0.6) is 0 Å². The molecule has 1 aliphatic carbocycles. The second kappa shape index (κ2) is 4.80. The maximum absolute atomic E-state index is 10.3. The minimum atomic E-state index is -0.471. The van der Waals surface area contributed by atoms with E-state index in [-0.39, 0.29) is 0 Å². The van der Waals surface area contributed by atoms with Crippen molar-refractivity contribution in [3.63, 3.8) is 0 Å². The van der Waals surface area contributed by atoms with E-state index in [1.807, 2.05) is 0 Å². The van der Waals surface area contributed by atoms with E-state index in [1.165, 1.54) is 12.7 Å². The number of aliphatic hydroxyl groups is 1. The predicted molar refractivity (Wildman–Crippen MR) is 64.3 cm³/mol. The van der Waals surface area contributed by atoms with E-state index in [2.05, 4.69) is 13.8 Å². The molecule has 4 unspecified atom stereocenters. The van der Waals surface area contributed by atoms with Gasteiger partial charge in [-0.25, -0.2) is 0 Å². The largest absolute Gasteiger partial charge is 0.453 e. The molecule has 1 aliphatic rings. The zero-order chi connectivity index (χ0) is 11.7. The Bertz CT molecular complexity index is 347. The van der Waals surface area contributed by atoms with E-state index in [9.17, 15) is 5.11 Å². The Labute approximate surface area is 102 Å². The van der Waals surface area contributed by atoms with Crippen LogP contribution in [-0.2, 0) is 0 Å². The van der Waals surface area contributed by atoms with Gasteiger partial charge in [0.2, 0.25) is 0 Å². The lowest BCUT2D eigenvalue weighted by atomic mass is 9.73. The van der Waals surface area contributed by atoms with Gasteiger partial charge < -0.3 is 9.52 Å². The van der Waals surface area contributed by atoms with Crippen LogP contribution in [-0.4, -0.2) is 5.11 Å². The first kappa shape index (κ1) is 12.0. The number of hydrogen-bond acceptors (Lipinski definition) is 2. The van der Waals surface area contributed by atoms with Crippen LogP contribution in [0.2, 0.25) is 5.22 Å². The third-order valence-electron chi connectivity index (χ3n) is 4.05. The van der Waals surface area contributed by atoms with Gasteiger partial charge in [-0.3, -0.25) is 0 Å². The van der Waals surface area contributed by atoms with Crippen molar-refractivity contribution < 1.29 is 9.52 Å². The lowest BCUT2D eigenvalue weighted by Crippen LogP contribution is -2.25. The molecule has 1 aromatic heterocycles. The summed E-state index contributed by atoms with van der Waals surface area (Å²) in [4.78, 5) is 0. The summed E-state index contributed by atoms with van der Waals surface area (Å²) in [6.07, 6.45) is 4.41. The molecule has 0 amide bonds. The molecule has 0 spiro atoms. The van der Waals surface area contributed by atoms with Crippen LogP contribution in [0.4, 0.5) is 0 Å². The Morgan fingerprint density at radius 2 is 2.12 bits per heavy atom. The van der Waals surface area contributed by atoms with E-state index in [1.54, 1.807) is 6.07 Å².